The molecule has 2 heterocycles. The number of aryl methyl sites for hydroxylation is 2. The zero-order chi connectivity index (χ0) is 23.9. The highest BCUT2D eigenvalue weighted by molar-refractivity contribution is 8.00. The Morgan fingerprint density at radius 1 is 0.824 bits per heavy atom. The van der Waals surface area contributed by atoms with Gasteiger partial charge in [0.05, 0.1) is 10.9 Å². The smallest absolute Gasteiger partial charge is 0.200 e. The summed E-state index contributed by atoms with van der Waals surface area (Å²) in [6, 6.07) is 20.6. The molecule has 0 spiro atoms. The Balaban J connectivity index is 1.86. The van der Waals surface area contributed by atoms with E-state index in [1.165, 1.54) is 70.1 Å². The molecule has 0 fully saturated rings. The van der Waals surface area contributed by atoms with E-state index in [-0.39, 0.29) is 5.41 Å². The van der Waals surface area contributed by atoms with Crippen LogP contribution in [0.2, 0.25) is 0 Å². The molecule has 0 bridgehead atoms. The Hall–Kier alpha value is -2.84. The third kappa shape index (κ3) is 2.91. The first-order valence-corrected chi connectivity index (χ1v) is 13.1. The molecule has 170 valence electrons. The Kier molecular flexibility index (Phi) is 4.67. The summed E-state index contributed by atoms with van der Waals surface area (Å²) in [5.41, 5.74) is 7.08. The lowest BCUT2D eigenvalue weighted by molar-refractivity contribution is -0.659. The molecule has 1 aliphatic heterocycles. The van der Waals surface area contributed by atoms with E-state index < -0.39 is 0 Å². The summed E-state index contributed by atoms with van der Waals surface area (Å²) in [7, 11) is 2.21. The van der Waals surface area contributed by atoms with Gasteiger partial charge in [-0.05, 0) is 62.6 Å². The van der Waals surface area contributed by atoms with Gasteiger partial charge in [-0.25, -0.2) is 4.57 Å². The normalized spacial score (nSPS) is 13.3. The van der Waals surface area contributed by atoms with Crippen molar-refractivity contribution < 1.29 is 4.57 Å². The second-order valence-corrected chi connectivity index (χ2v) is 12.2. The van der Waals surface area contributed by atoms with Gasteiger partial charge in [0, 0.05) is 21.2 Å². The van der Waals surface area contributed by atoms with E-state index in [1.54, 1.807) is 0 Å². The molecule has 5 aromatic rings. The van der Waals surface area contributed by atoms with Crippen LogP contribution < -0.4 is 4.57 Å². The second kappa shape index (κ2) is 7.33. The molecular weight excluding hydrogens is 430 g/mol. The van der Waals surface area contributed by atoms with Gasteiger partial charge in [0.15, 0.2) is 6.20 Å². The lowest BCUT2D eigenvalue weighted by atomic mass is 9.80. The van der Waals surface area contributed by atoms with Gasteiger partial charge in [0.2, 0.25) is 5.69 Å². The highest BCUT2D eigenvalue weighted by Gasteiger charge is 2.35. The maximum Gasteiger partial charge on any atom is 0.222 e. The number of rotatable bonds is 1. The summed E-state index contributed by atoms with van der Waals surface area (Å²) in [5, 5.41) is 8.28. The molecule has 34 heavy (non-hydrogen) atoms. The monoisotopic (exact) mass is 462 g/mol. The van der Waals surface area contributed by atoms with Crippen molar-refractivity contribution in [1.29, 1.82) is 0 Å². The quantitative estimate of drug-likeness (QED) is 0.174. The van der Waals surface area contributed by atoms with Gasteiger partial charge in [0.1, 0.15) is 7.05 Å². The molecular formula is C32H32NS+. The van der Waals surface area contributed by atoms with Crippen LogP contribution in [0, 0.1) is 6.92 Å². The summed E-state index contributed by atoms with van der Waals surface area (Å²) in [4.78, 5) is 2.81. The molecule has 0 N–H and O–H groups in total. The first-order chi connectivity index (χ1) is 16.2. The van der Waals surface area contributed by atoms with Crippen LogP contribution in [-0.4, -0.2) is 0 Å². The average molecular weight is 463 g/mol. The number of nitrogens with zero attached hydrogens (tertiary/aromatic N) is 1. The van der Waals surface area contributed by atoms with Gasteiger partial charge < -0.3 is 0 Å². The van der Waals surface area contributed by atoms with Crippen molar-refractivity contribution in [3.8, 4) is 11.3 Å². The van der Waals surface area contributed by atoms with Crippen LogP contribution in [0.4, 0.5) is 0 Å². The minimum Gasteiger partial charge on any atom is -0.200 e. The van der Waals surface area contributed by atoms with Gasteiger partial charge >= 0.3 is 0 Å². The third-order valence-corrected chi connectivity index (χ3v) is 8.68. The van der Waals surface area contributed by atoms with Crippen LogP contribution in [-0.2, 0) is 12.5 Å². The van der Waals surface area contributed by atoms with Gasteiger partial charge in [0.25, 0.3) is 0 Å². The van der Waals surface area contributed by atoms with Gasteiger partial charge in [-0.15, -0.1) is 0 Å². The number of benzene rings is 4. The Labute approximate surface area is 206 Å². The molecule has 0 unspecified atom stereocenters. The van der Waals surface area contributed by atoms with Crippen LogP contribution in [0.1, 0.15) is 57.2 Å². The zero-order valence-corrected chi connectivity index (χ0v) is 22.0. The minimum atomic E-state index is 0.0360. The average Bonchev–Trinajstić information content (AvgIpc) is 2.79. The van der Waals surface area contributed by atoms with Crippen molar-refractivity contribution in [2.24, 2.45) is 7.05 Å². The summed E-state index contributed by atoms with van der Waals surface area (Å²) in [6.07, 6.45) is 2.26. The van der Waals surface area contributed by atoms with Crippen molar-refractivity contribution in [2.45, 2.75) is 62.7 Å². The Morgan fingerprint density at radius 2 is 1.53 bits per heavy atom. The molecule has 0 radical (unpaired) electrons. The van der Waals surface area contributed by atoms with Gasteiger partial charge in [-0.1, -0.05) is 88.8 Å². The number of hydrogen-bond donors (Lipinski definition) is 0. The fraction of sp³-hybridized carbons (Fsp3) is 0.281. The molecule has 1 nitrogen and oxygen atoms in total. The van der Waals surface area contributed by atoms with E-state index in [9.17, 15) is 0 Å². The van der Waals surface area contributed by atoms with E-state index in [0.29, 0.717) is 5.92 Å². The van der Waals surface area contributed by atoms with Crippen molar-refractivity contribution >= 4 is 44.1 Å². The zero-order valence-electron chi connectivity index (χ0n) is 21.2. The van der Waals surface area contributed by atoms with Crippen LogP contribution in [0.5, 0.6) is 0 Å². The molecule has 1 aliphatic rings. The summed E-state index contributed by atoms with van der Waals surface area (Å²) >= 11 is 1.99. The Bertz CT molecular complexity index is 1650. The number of pyridine rings is 1. The topological polar surface area (TPSA) is 3.88 Å². The molecule has 0 aliphatic carbocycles. The van der Waals surface area contributed by atoms with E-state index in [1.807, 2.05) is 11.8 Å². The summed E-state index contributed by atoms with van der Waals surface area (Å²) < 4.78 is 2.34. The predicted molar refractivity (Wildman–Crippen MR) is 147 cm³/mol. The second-order valence-electron chi connectivity index (χ2n) is 11.1. The van der Waals surface area contributed by atoms with Crippen LogP contribution in [0.25, 0.3) is 43.6 Å². The molecule has 2 heteroatoms. The fourth-order valence-electron chi connectivity index (χ4n) is 6.01. The molecule has 0 atom stereocenters. The summed E-state index contributed by atoms with van der Waals surface area (Å²) in [5.74, 6) is 0.491. The number of hydrogen-bond acceptors (Lipinski definition) is 1. The maximum absolute atomic E-state index is 2.47. The molecule has 0 saturated carbocycles. The highest BCUT2D eigenvalue weighted by atomic mass is 32.2. The first-order valence-electron chi connectivity index (χ1n) is 12.3. The molecule has 4 aromatic carbocycles. The number of fused-ring (bicyclic) bond motifs is 5. The van der Waals surface area contributed by atoms with Crippen molar-refractivity contribution in [2.75, 3.05) is 0 Å². The van der Waals surface area contributed by atoms with Gasteiger partial charge in [-0.2, -0.15) is 0 Å². The standard InChI is InChI=1S/C32H32NS/c1-18(2)20-13-10-14-22-23-15-16-33(7)30-27-19(3)21-11-8-9-12-24(21)29(32(4,5)6)31(27)34-26(28(23)30)17-25(20)22/h8-18H,1-7H3/q+1. The third-order valence-electron chi connectivity index (χ3n) is 7.53. The van der Waals surface area contributed by atoms with Crippen LogP contribution in [0.3, 0.4) is 0 Å². The van der Waals surface area contributed by atoms with Gasteiger partial charge in [-0.3, -0.25) is 0 Å². The molecule has 0 amide bonds. The SMILES string of the molecule is Cc1c2c(c(C(C)(C)C)c3ccccc13)Sc1cc3c(C(C)C)cccc3c3cc[n+](C)c-2c13. The van der Waals surface area contributed by atoms with E-state index in [4.69, 9.17) is 0 Å². The largest absolute Gasteiger partial charge is 0.222 e. The molecule has 6 rings (SSSR count). The predicted octanol–water partition coefficient (Wildman–Crippen LogP) is 8.83. The van der Waals surface area contributed by atoms with Crippen LogP contribution in [0.15, 0.2) is 70.6 Å². The van der Waals surface area contributed by atoms with E-state index in [0.717, 1.165) is 0 Å². The molecule has 0 saturated heterocycles. The minimum absolute atomic E-state index is 0.0360. The lowest BCUT2D eigenvalue weighted by Gasteiger charge is -2.30. The number of aromatic nitrogens is 1. The van der Waals surface area contributed by atoms with Crippen molar-refractivity contribution in [3.63, 3.8) is 0 Å². The fourth-order valence-corrected chi connectivity index (χ4v) is 7.59. The van der Waals surface area contributed by atoms with Crippen molar-refractivity contribution in [1.82, 2.24) is 0 Å². The van der Waals surface area contributed by atoms with E-state index >= 15 is 0 Å². The van der Waals surface area contributed by atoms with Crippen LogP contribution >= 0.6 is 11.8 Å². The Morgan fingerprint density at radius 3 is 2.24 bits per heavy atom. The van der Waals surface area contributed by atoms with Crippen molar-refractivity contribution in [3.05, 3.63) is 77.5 Å². The highest BCUT2D eigenvalue weighted by Crippen LogP contribution is 2.54. The molecule has 1 aromatic heterocycles. The summed E-state index contributed by atoms with van der Waals surface area (Å²) in [6.45, 7) is 14.0. The first kappa shape index (κ1) is 21.7. The maximum atomic E-state index is 2.47. The van der Waals surface area contributed by atoms with E-state index in [2.05, 4.69) is 114 Å². The lowest BCUT2D eigenvalue weighted by Crippen LogP contribution is -2.32.